The van der Waals surface area contributed by atoms with Gasteiger partial charge in [0, 0.05) is 5.38 Å². The van der Waals surface area contributed by atoms with Crippen LogP contribution in [0.2, 0.25) is 4.47 Å². The van der Waals surface area contributed by atoms with Gasteiger partial charge in [-0.1, -0.05) is 11.6 Å². The summed E-state index contributed by atoms with van der Waals surface area (Å²) in [5.41, 5.74) is 0.837. The molecule has 68 valence electrons. The zero-order chi connectivity index (χ0) is 9.10. The highest BCUT2D eigenvalue weighted by Crippen LogP contribution is 2.18. The van der Waals surface area contributed by atoms with Crippen molar-refractivity contribution in [2.24, 2.45) is 0 Å². The molecule has 0 amide bonds. The number of nitrogens with one attached hydrogen (secondary N) is 1. The number of halogens is 1. The Hall–Kier alpha value is -1.07. The van der Waals surface area contributed by atoms with Crippen LogP contribution in [-0.4, -0.2) is 9.97 Å². The van der Waals surface area contributed by atoms with Gasteiger partial charge in [-0.15, -0.1) is 11.3 Å². The molecule has 1 N–H and O–H groups in total. The summed E-state index contributed by atoms with van der Waals surface area (Å²) in [6.45, 7) is 0.594. The summed E-state index contributed by atoms with van der Waals surface area (Å²) in [7, 11) is 0. The predicted molar refractivity (Wildman–Crippen MR) is 51.0 cm³/mol. The van der Waals surface area contributed by atoms with Crippen molar-refractivity contribution in [1.82, 2.24) is 9.97 Å². The number of thiazole rings is 1. The third-order valence-electron chi connectivity index (χ3n) is 1.41. The van der Waals surface area contributed by atoms with E-state index >= 15 is 0 Å². The zero-order valence-corrected chi connectivity index (χ0v) is 8.10. The first kappa shape index (κ1) is 8.52. The van der Waals surface area contributed by atoms with Gasteiger partial charge in [0.05, 0.1) is 12.2 Å². The normalized spacial score (nSPS) is 10.2. The Labute approximate surface area is 83.6 Å². The molecule has 2 rings (SSSR count). The molecule has 2 aromatic rings. The quantitative estimate of drug-likeness (QED) is 0.854. The van der Waals surface area contributed by atoms with Crippen LogP contribution in [0.1, 0.15) is 5.69 Å². The first-order chi connectivity index (χ1) is 6.34. The van der Waals surface area contributed by atoms with E-state index in [0.717, 1.165) is 11.5 Å². The van der Waals surface area contributed by atoms with Crippen molar-refractivity contribution in [1.29, 1.82) is 0 Å². The molecule has 0 unspecified atom stereocenters. The molecule has 0 aliphatic rings. The van der Waals surface area contributed by atoms with E-state index in [1.54, 1.807) is 6.26 Å². The summed E-state index contributed by atoms with van der Waals surface area (Å²) in [6, 6.07) is 0. The van der Waals surface area contributed by atoms with Crippen molar-refractivity contribution in [3.05, 3.63) is 28.2 Å². The van der Waals surface area contributed by atoms with Crippen molar-refractivity contribution < 1.29 is 4.42 Å². The molecule has 0 aromatic carbocycles. The monoisotopic (exact) mass is 215 g/mol. The van der Waals surface area contributed by atoms with Crippen molar-refractivity contribution >= 4 is 28.8 Å². The lowest BCUT2D eigenvalue weighted by Crippen LogP contribution is -1.99. The van der Waals surface area contributed by atoms with Gasteiger partial charge in [-0.3, -0.25) is 0 Å². The van der Waals surface area contributed by atoms with E-state index in [2.05, 4.69) is 15.3 Å². The third-order valence-corrected chi connectivity index (χ3v) is 2.39. The van der Waals surface area contributed by atoms with Crippen LogP contribution in [-0.2, 0) is 6.54 Å². The van der Waals surface area contributed by atoms with Crippen LogP contribution in [0.25, 0.3) is 0 Å². The lowest BCUT2D eigenvalue weighted by Gasteiger charge is -1.96. The molecule has 2 heterocycles. The number of hydrogen-bond acceptors (Lipinski definition) is 5. The van der Waals surface area contributed by atoms with Gasteiger partial charge in [0.2, 0.25) is 0 Å². The second kappa shape index (κ2) is 3.76. The Morgan fingerprint density at radius 3 is 3.15 bits per heavy atom. The Morgan fingerprint density at radius 2 is 2.54 bits per heavy atom. The topological polar surface area (TPSA) is 51.0 Å². The number of oxazole rings is 1. The second-order valence-corrected chi connectivity index (χ2v) is 3.76. The molecule has 0 saturated carbocycles. The average Bonchev–Trinajstić information content (AvgIpc) is 2.71. The summed E-state index contributed by atoms with van der Waals surface area (Å²) in [4.78, 5) is 7.98. The number of nitrogens with zero attached hydrogens (tertiary/aromatic N) is 2. The van der Waals surface area contributed by atoms with E-state index < -0.39 is 0 Å². The zero-order valence-electron chi connectivity index (χ0n) is 6.53. The second-order valence-electron chi connectivity index (χ2n) is 2.32. The summed E-state index contributed by atoms with van der Waals surface area (Å²) in [5.74, 6) is 0.762. The van der Waals surface area contributed by atoms with E-state index in [9.17, 15) is 0 Å². The van der Waals surface area contributed by atoms with E-state index in [1.807, 2.05) is 5.38 Å². The van der Waals surface area contributed by atoms with Gasteiger partial charge in [0.1, 0.15) is 12.1 Å². The standard InChI is InChI=1S/C7H6ClN3OS/c8-7-11-6(3-13-7)9-1-5-2-12-4-10-5/h2-4,9H,1H2. The summed E-state index contributed by atoms with van der Waals surface area (Å²) in [5, 5.41) is 4.91. The summed E-state index contributed by atoms with van der Waals surface area (Å²) >= 11 is 7.04. The smallest absolute Gasteiger partial charge is 0.185 e. The number of hydrogen-bond donors (Lipinski definition) is 1. The van der Waals surface area contributed by atoms with Crippen molar-refractivity contribution in [3.63, 3.8) is 0 Å². The lowest BCUT2D eigenvalue weighted by atomic mass is 10.5. The maximum atomic E-state index is 5.65. The van der Waals surface area contributed by atoms with Crippen LogP contribution in [0.5, 0.6) is 0 Å². The molecule has 0 aliphatic heterocycles. The molecule has 0 atom stereocenters. The summed E-state index contributed by atoms with van der Waals surface area (Å²) in [6.07, 6.45) is 2.98. The van der Waals surface area contributed by atoms with E-state index in [-0.39, 0.29) is 0 Å². The van der Waals surface area contributed by atoms with Gasteiger partial charge < -0.3 is 9.73 Å². The molecular formula is C7H6ClN3OS. The van der Waals surface area contributed by atoms with Crippen molar-refractivity contribution in [3.8, 4) is 0 Å². The molecule has 6 heteroatoms. The maximum absolute atomic E-state index is 5.65. The first-order valence-corrected chi connectivity index (χ1v) is 4.82. The minimum atomic E-state index is 0.530. The van der Waals surface area contributed by atoms with Gasteiger partial charge in [-0.05, 0) is 0 Å². The number of rotatable bonds is 3. The van der Waals surface area contributed by atoms with E-state index in [4.69, 9.17) is 16.0 Å². The van der Waals surface area contributed by atoms with Crippen LogP contribution in [0, 0.1) is 0 Å². The SMILES string of the molecule is Clc1nc(NCc2cocn2)cs1. The molecule has 13 heavy (non-hydrogen) atoms. The number of anilines is 1. The van der Waals surface area contributed by atoms with Crippen LogP contribution < -0.4 is 5.32 Å². The Balaban J connectivity index is 1.93. The van der Waals surface area contributed by atoms with Gasteiger partial charge in [-0.25, -0.2) is 9.97 Å². The molecule has 0 aliphatic carbocycles. The fourth-order valence-electron chi connectivity index (χ4n) is 0.839. The lowest BCUT2D eigenvalue weighted by molar-refractivity contribution is 0.556. The van der Waals surface area contributed by atoms with E-state index in [0.29, 0.717) is 11.0 Å². The molecule has 2 aromatic heterocycles. The number of aromatic nitrogens is 2. The highest BCUT2D eigenvalue weighted by atomic mass is 35.5. The van der Waals surface area contributed by atoms with E-state index in [1.165, 1.54) is 17.7 Å². The third kappa shape index (κ3) is 2.19. The molecule has 0 radical (unpaired) electrons. The highest BCUT2D eigenvalue weighted by Gasteiger charge is 1.99. The fraction of sp³-hybridized carbons (Fsp3) is 0.143. The minimum Gasteiger partial charge on any atom is -0.451 e. The Morgan fingerprint density at radius 1 is 1.62 bits per heavy atom. The van der Waals surface area contributed by atoms with Crippen LogP contribution >= 0.6 is 22.9 Å². The average molecular weight is 216 g/mol. The first-order valence-electron chi connectivity index (χ1n) is 3.56. The van der Waals surface area contributed by atoms with Gasteiger partial charge in [-0.2, -0.15) is 0 Å². The van der Waals surface area contributed by atoms with Crippen LogP contribution in [0.3, 0.4) is 0 Å². The van der Waals surface area contributed by atoms with Crippen molar-refractivity contribution in [2.75, 3.05) is 5.32 Å². The minimum absolute atomic E-state index is 0.530. The Kier molecular flexibility index (Phi) is 2.47. The molecule has 0 fully saturated rings. The molecule has 4 nitrogen and oxygen atoms in total. The highest BCUT2D eigenvalue weighted by molar-refractivity contribution is 7.14. The van der Waals surface area contributed by atoms with Gasteiger partial charge in [0.15, 0.2) is 10.9 Å². The predicted octanol–water partition coefficient (Wildman–Crippen LogP) is 2.40. The van der Waals surface area contributed by atoms with Gasteiger partial charge >= 0.3 is 0 Å². The van der Waals surface area contributed by atoms with Gasteiger partial charge in [0.25, 0.3) is 0 Å². The van der Waals surface area contributed by atoms with Crippen LogP contribution in [0.15, 0.2) is 22.5 Å². The van der Waals surface area contributed by atoms with Crippen LogP contribution in [0.4, 0.5) is 5.82 Å². The molecular weight excluding hydrogens is 210 g/mol. The summed E-state index contributed by atoms with van der Waals surface area (Å²) < 4.78 is 5.34. The maximum Gasteiger partial charge on any atom is 0.185 e. The Bertz CT molecular complexity index is 373. The van der Waals surface area contributed by atoms with Crippen molar-refractivity contribution in [2.45, 2.75) is 6.54 Å². The molecule has 0 spiro atoms. The molecule has 0 bridgehead atoms. The fourth-order valence-corrected chi connectivity index (χ4v) is 1.56. The molecule has 0 saturated heterocycles. The largest absolute Gasteiger partial charge is 0.451 e.